The van der Waals surface area contributed by atoms with E-state index < -0.39 is 14.8 Å². The second-order valence-electron chi connectivity index (χ2n) is 5.30. The van der Waals surface area contributed by atoms with Gasteiger partial charge in [0, 0.05) is 51.6 Å². The van der Waals surface area contributed by atoms with E-state index in [-0.39, 0.29) is 10.6 Å². The van der Waals surface area contributed by atoms with Crippen LogP contribution in [0, 0.1) is 10.1 Å². The molecule has 1 heterocycles. The zero-order valence-corrected chi connectivity index (χ0v) is 13.3. The van der Waals surface area contributed by atoms with Crippen molar-refractivity contribution < 1.29 is 13.3 Å². The molecule has 0 aromatic heterocycles. The van der Waals surface area contributed by atoms with Crippen molar-refractivity contribution in [2.75, 3.05) is 50.4 Å². The van der Waals surface area contributed by atoms with Crippen molar-refractivity contribution in [2.45, 2.75) is 4.90 Å². The lowest BCUT2D eigenvalue weighted by Gasteiger charge is -2.35. The van der Waals surface area contributed by atoms with Gasteiger partial charge < -0.3 is 10.6 Å². The maximum atomic E-state index is 11.6. The van der Waals surface area contributed by atoms with Gasteiger partial charge in [0.05, 0.1) is 9.82 Å². The highest BCUT2D eigenvalue weighted by Gasteiger charge is 2.25. The van der Waals surface area contributed by atoms with Gasteiger partial charge in [0.25, 0.3) is 5.69 Å². The summed E-state index contributed by atoms with van der Waals surface area (Å²) in [5, 5.41) is 11.3. The molecule has 0 aliphatic carbocycles. The summed E-state index contributed by atoms with van der Waals surface area (Å²) >= 11 is 0. The zero-order valence-electron chi connectivity index (χ0n) is 12.4. The fourth-order valence-electron chi connectivity index (χ4n) is 2.54. The summed E-state index contributed by atoms with van der Waals surface area (Å²) in [6.45, 7) is 4.26. The number of piperazine rings is 1. The summed E-state index contributed by atoms with van der Waals surface area (Å²) in [6.07, 6.45) is 1.04. The largest absolute Gasteiger partial charge is 0.363 e. The average Bonchev–Trinajstić information content (AvgIpc) is 2.47. The maximum Gasteiger partial charge on any atom is 0.293 e. The fourth-order valence-corrected chi connectivity index (χ4v) is 3.18. The van der Waals surface area contributed by atoms with Crippen molar-refractivity contribution in [1.82, 2.24) is 4.90 Å². The van der Waals surface area contributed by atoms with Crippen LogP contribution in [0.25, 0.3) is 0 Å². The van der Waals surface area contributed by atoms with Crippen LogP contribution in [0.4, 0.5) is 11.4 Å². The van der Waals surface area contributed by atoms with E-state index in [1.807, 2.05) is 4.90 Å². The van der Waals surface area contributed by atoms with Crippen molar-refractivity contribution >= 4 is 21.2 Å². The molecule has 0 spiro atoms. The molecule has 1 aliphatic rings. The van der Waals surface area contributed by atoms with Crippen molar-refractivity contribution in [1.29, 1.82) is 0 Å². The number of nitrogens with zero attached hydrogens (tertiary/aromatic N) is 3. The van der Waals surface area contributed by atoms with Crippen LogP contribution in [0.1, 0.15) is 0 Å². The van der Waals surface area contributed by atoms with Crippen LogP contribution < -0.4 is 10.6 Å². The molecular formula is C13H20N4O4S. The van der Waals surface area contributed by atoms with E-state index in [1.54, 1.807) is 0 Å². The number of nitro groups is 1. The SMILES string of the molecule is CS(=O)(=O)c1ccc(N2CCN(CCN)CC2)c([N+](=O)[O-])c1. The summed E-state index contributed by atoms with van der Waals surface area (Å²) in [5.74, 6) is 0. The maximum absolute atomic E-state index is 11.6. The van der Waals surface area contributed by atoms with E-state index in [4.69, 9.17) is 5.73 Å². The van der Waals surface area contributed by atoms with E-state index >= 15 is 0 Å². The highest BCUT2D eigenvalue weighted by Crippen LogP contribution is 2.31. The monoisotopic (exact) mass is 328 g/mol. The Labute approximate surface area is 129 Å². The van der Waals surface area contributed by atoms with E-state index in [9.17, 15) is 18.5 Å². The van der Waals surface area contributed by atoms with Crippen LogP contribution in [0.2, 0.25) is 0 Å². The smallest absolute Gasteiger partial charge is 0.293 e. The van der Waals surface area contributed by atoms with Crippen LogP contribution in [0.3, 0.4) is 0 Å². The number of nitro benzene ring substituents is 1. The summed E-state index contributed by atoms with van der Waals surface area (Å²) in [6, 6.07) is 4.08. The van der Waals surface area contributed by atoms with E-state index in [1.165, 1.54) is 12.1 Å². The highest BCUT2D eigenvalue weighted by atomic mass is 32.2. The molecule has 0 bridgehead atoms. The molecule has 0 radical (unpaired) electrons. The minimum absolute atomic E-state index is 0.0373. The lowest BCUT2D eigenvalue weighted by molar-refractivity contribution is -0.384. The van der Waals surface area contributed by atoms with Gasteiger partial charge in [-0.15, -0.1) is 0 Å². The molecule has 1 saturated heterocycles. The Morgan fingerprint density at radius 2 is 1.91 bits per heavy atom. The van der Waals surface area contributed by atoms with E-state index in [0.29, 0.717) is 25.3 Å². The third-order valence-electron chi connectivity index (χ3n) is 3.73. The summed E-state index contributed by atoms with van der Waals surface area (Å²) in [4.78, 5) is 14.8. The quantitative estimate of drug-likeness (QED) is 0.602. The molecule has 0 unspecified atom stereocenters. The molecule has 122 valence electrons. The number of anilines is 1. The summed E-state index contributed by atoms with van der Waals surface area (Å²) < 4.78 is 23.1. The second kappa shape index (κ2) is 6.59. The fraction of sp³-hybridized carbons (Fsp3) is 0.538. The molecule has 1 fully saturated rings. The van der Waals surface area contributed by atoms with Gasteiger partial charge in [0.1, 0.15) is 5.69 Å². The van der Waals surface area contributed by atoms with Gasteiger partial charge in [0.15, 0.2) is 9.84 Å². The van der Waals surface area contributed by atoms with Gasteiger partial charge in [-0.1, -0.05) is 0 Å². The third kappa shape index (κ3) is 3.73. The number of benzene rings is 1. The lowest BCUT2D eigenvalue weighted by Crippen LogP contribution is -2.47. The first kappa shape index (κ1) is 16.7. The third-order valence-corrected chi connectivity index (χ3v) is 4.84. The Bertz CT molecular complexity index is 654. The lowest BCUT2D eigenvalue weighted by atomic mass is 10.2. The number of nitrogens with two attached hydrogens (primary N) is 1. The van der Waals surface area contributed by atoms with Crippen LogP contribution in [-0.2, 0) is 9.84 Å². The molecule has 1 aliphatic heterocycles. The Morgan fingerprint density at radius 3 is 2.41 bits per heavy atom. The highest BCUT2D eigenvalue weighted by molar-refractivity contribution is 7.90. The molecule has 22 heavy (non-hydrogen) atoms. The number of sulfone groups is 1. The standard InChI is InChI=1S/C13H20N4O4S/c1-22(20,21)11-2-3-12(13(10-11)17(18)19)16-8-6-15(5-4-14)7-9-16/h2-3,10H,4-9,14H2,1H3. The van der Waals surface area contributed by atoms with Gasteiger partial charge in [-0.25, -0.2) is 8.42 Å². The van der Waals surface area contributed by atoms with E-state index in [0.717, 1.165) is 32.0 Å². The minimum atomic E-state index is -3.47. The van der Waals surface area contributed by atoms with Crippen molar-refractivity contribution in [3.8, 4) is 0 Å². The first-order chi connectivity index (χ1) is 10.3. The van der Waals surface area contributed by atoms with Gasteiger partial charge in [-0.05, 0) is 12.1 Å². The van der Waals surface area contributed by atoms with Gasteiger partial charge in [-0.3, -0.25) is 15.0 Å². The van der Waals surface area contributed by atoms with Crippen molar-refractivity contribution in [3.05, 3.63) is 28.3 Å². The Balaban J connectivity index is 2.26. The minimum Gasteiger partial charge on any atom is -0.363 e. The molecule has 1 aromatic carbocycles. The predicted octanol–water partition coefficient (Wildman–Crippen LogP) is 0.0790. The van der Waals surface area contributed by atoms with Crippen LogP contribution in [0.5, 0.6) is 0 Å². The Morgan fingerprint density at radius 1 is 1.27 bits per heavy atom. The molecule has 0 saturated carbocycles. The topological polar surface area (TPSA) is 110 Å². The molecule has 2 N–H and O–H groups in total. The molecule has 1 aromatic rings. The molecule has 0 atom stereocenters. The first-order valence-corrected chi connectivity index (χ1v) is 8.88. The Kier molecular flexibility index (Phi) is 4.99. The summed E-state index contributed by atoms with van der Waals surface area (Å²) in [5.41, 5.74) is 5.82. The number of hydrogen-bond acceptors (Lipinski definition) is 7. The molecule has 0 amide bonds. The van der Waals surface area contributed by atoms with Gasteiger partial charge >= 0.3 is 0 Å². The van der Waals surface area contributed by atoms with Crippen LogP contribution in [0.15, 0.2) is 23.1 Å². The number of rotatable bonds is 5. The average molecular weight is 328 g/mol. The number of hydrogen-bond donors (Lipinski definition) is 1. The molecular weight excluding hydrogens is 308 g/mol. The second-order valence-corrected chi connectivity index (χ2v) is 7.31. The van der Waals surface area contributed by atoms with Crippen molar-refractivity contribution in [3.63, 3.8) is 0 Å². The van der Waals surface area contributed by atoms with Crippen molar-refractivity contribution in [2.24, 2.45) is 5.73 Å². The first-order valence-electron chi connectivity index (χ1n) is 6.99. The zero-order chi connectivity index (χ0) is 16.3. The predicted molar refractivity (Wildman–Crippen MR) is 83.9 cm³/mol. The Hall–Kier alpha value is -1.71. The summed E-state index contributed by atoms with van der Waals surface area (Å²) in [7, 11) is -3.47. The molecule has 2 rings (SSSR count). The molecule has 9 heteroatoms. The van der Waals surface area contributed by atoms with Crippen LogP contribution >= 0.6 is 0 Å². The normalized spacial score (nSPS) is 16.7. The van der Waals surface area contributed by atoms with Gasteiger partial charge in [0.2, 0.25) is 0 Å². The van der Waals surface area contributed by atoms with E-state index in [2.05, 4.69) is 4.90 Å². The van der Waals surface area contributed by atoms with Crippen LogP contribution in [-0.4, -0.2) is 63.8 Å². The molecule has 8 nitrogen and oxygen atoms in total. The van der Waals surface area contributed by atoms with Gasteiger partial charge in [-0.2, -0.15) is 0 Å².